The summed E-state index contributed by atoms with van der Waals surface area (Å²) < 4.78 is 0. The summed E-state index contributed by atoms with van der Waals surface area (Å²) in [6.45, 7) is 4.04. The first-order chi connectivity index (χ1) is 5.59. The van der Waals surface area contributed by atoms with Crippen molar-refractivity contribution in [3.63, 3.8) is 0 Å². The molecule has 12 heavy (non-hydrogen) atoms. The van der Waals surface area contributed by atoms with Crippen LogP contribution in [0.3, 0.4) is 0 Å². The molecule has 0 radical (unpaired) electrons. The minimum atomic E-state index is 0.153. The maximum atomic E-state index is 7.02. The Hall–Kier alpha value is -0.550. The molecule has 0 spiro atoms. The van der Waals surface area contributed by atoms with Crippen LogP contribution in [0, 0.1) is 19.3 Å². The van der Waals surface area contributed by atoms with Crippen molar-refractivity contribution in [2.45, 2.75) is 19.6 Å². The summed E-state index contributed by atoms with van der Waals surface area (Å²) in [6.07, 6.45) is 0. The highest BCUT2D eigenvalue weighted by atomic mass is 32.2. The van der Waals surface area contributed by atoms with Crippen molar-refractivity contribution < 1.29 is 0 Å². The minimum Gasteiger partial charge on any atom is -0.379 e. The molecule has 0 aliphatic carbocycles. The lowest BCUT2D eigenvalue weighted by Gasteiger charge is -1.92. The van der Waals surface area contributed by atoms with Gasteiger partial charge in [-0.25, -0.2) is 4.98 Å². The number of nitrogens with one attached hydrogen (secondary N) is 1. The Kier molecular flexibility index (Phi) is 3.11. The number of hydrogen-bond donors (Lipinski definition) is 2. The SMILES string of the molecule is Cc1nc(CSC(=N)N)sc1C. The summed E-state index contributed by atoms with van der Waals surface area (Å²) in [7, 11) is 0. The summed E-state index contributed by atoms with van der Waals surface area (Å²) >= 11 is 2.99. The summed E-state index contributed by atoms with van der Waals surface area (Å²) in [5.41, 5.74) is 6.29. The molecule has 1 heterocycles. The van der Waals surface area contributed by atoms with Gasteiger partial charge < -0.3 is 5.73 Å². The second-order valence-electron chi connectivity index (χ2n) is 2.40. The number of thioether (sulfide) groups is 1. The molecule has 0 aliphatic heterocycles. The zero-order valence-electron chi connectivity index (χ0n) is 7.05. The van der Waals surface area contributed by atoms with Crippen LogP contribution < -0.4 is 5.73 Å². The van der Waals surface area contributed by atoms with Gasteiger partial charge in [0.15, 0.2) is 5.17 Å². The summed E-state index contributed by atoms with van der Waals surface area (Å²) in [5, 5.41) is 8.22. The van der Waals surface area contributed by atoms with Crippen LogP contribution in [0.15, 0.2) is 0 Å². The molecule has 66 valence electrons. The maximum absolute atomic E-state index is 7.02. The van der Waals surface area contributed by atoms with Crippen LogP contribution in [0.1, 0.15) is 15.6 Å². The summed E-state index contributed by atoms with van der Waals surface area (Å²) in [5.74, 6) is 0.717. The highest BCUT2D eigenvalue weighted by molar-refractivity contribution is 8.13. The van der Waals surface area contributed by atoms with E-state index < -0.39 is 0 Å². The molecule has 0 atom stereocenters. The lowest BCUT2D eigenvalue weighted by Crippen LogP contribution is -2.03. The molecule has 0 saturated carbocycles. The van der Waals surface area contributed by atoms with E-state index in [9.17, 15) is 0 Å². The zero-order chi connectivity index (χ0) is 9.14. The van der Waals surface area contributed by atoms with Crippen LogP contribution in [0.25, 0.3) is 0 Å². The molecular formula is C7H11N3S2. The Morgan fingerprint density at radius 1 is 1.67 bits per heavy atom. The molecule has 0 bridgehead atoms. The number of nitrogens with zero attached hydrogens (tertiary/aromatic N) is 1. The molecule has 0 amide bonds. The number of rotatable bonds is 2. The van der Waals surface area contributed by atoms with Crippen LogP contribution in [0.2, 0.25) is 0 Å². The molecular weight excluding hydrogens is 190 g/mol. The summed E-state index contributed by atoms with van der Waals surface area (Å²) in [4.78, 5) is 5.57. The Bertz CT molecular complexity index is 273. The van der Waals surface area contributed by atoms with Gasteiger partial charge in [0.2, 0.25) is 0 Å². The number of amidine groups is 1. The number of hydrogen-bond acceptors (Lipinski definition) is 4. The van der Waals surface area contributed by atoms with Crippen LogP contribution in [-0.4, -0.2) is 10.2 Å². The molecule has 0 aliphatic rings. The molecule has 1 rings (SSSR count). The van der Waals surface area contributed by atoms with Crippen molar-refractivity contribution in [1.29, 1.82) is 5.41 Å². The monoisotopic (exact) mass is 201 g/mol. The van der Waals surface area contributed by atoms with Gasteiger partial charge in [-0.2, -0.15) is 0 Å². The first-order valence-electron chi connectivity index (χ1n) is 3.49. The first kappa shape index (κ1) is 9.54. The molecule has 1 aromatic rings. The van der Waals surface area contributed by atoms with Gasteiger partial charge in [0, 0.05) is 4.88 Å². The lowest BCUT2D eigenvalue weighted by atomic mass is 10.4. The minimum absolute atomic E-state index is 0.153. The molecule has 0 aromatic carbocycles. The van der Waals surface area contributed by atoms with E-state index in [-0.39, 0.29) is 5.17 Å². The van der Waals surface area contributed by atoms with E-state index >= 15 is 0 Å². The van der Waals surface area contributed by atoms with Crippen molar-refractivity contribution >= 4 is 28.3 Å². The van der Waals surface area contributed by atoms with Crippen molar-refractivity contribution in [3.05, 3.63) is 15.6 Å². The van der Waals surface area contributed by atoms with E-state index in [0.717, 1.165) is 10.7 Å². The molecule has 0 saturated heterocycles. The molecule has 1 aromatic heterocycles. The van der Waals surface area contributed by atoms with E-state index in [1.807, 2.05) is 6.92 Å². The van der Waals surface area contributed by atoms with E-state index in [1.54, 1.807) is 11.3 Å². The second-order valence-corrected chi connectivity index (χ2v) is 4.71. The van der Waals surface area contributed by atoms with E-state index in [1.165, 1.54) is 16.6 Å². The third kappa shape index (κ3) is 2.49. The fourth-order valence-electron chi connectivity index (χ4n) is 0.740. The Morgan fingerprint density at radius 2 is 2.33 bits per heavy atom. The average Bonchev–Trinajstić information content (AvgIpc) is 2.28. The van der Waals surface area contributed by atoms with Gasteiger partial charge in [-0.3, -0.25) is 5.41 Å². The highest BCUT2D eigenvalue weighted by Crippen LogP contribution is 2.20. The third-order valence-electron chi connectivity index (χ3n) is 1.42. The fourth-order valence-corrected chi connectivity index (χ4v) is 2.23. The molecule has 0 unspecified atom stereocenters. The predicted molar refractivity (Wildman–Crippen MR) is 54.8 cm³/mol. The van der Waals surface area contributed by atoms with Crippen LogP contribution in [0.4, 0.5) is 0 Å². The molecule has 3 N–H and O–H groups in total. The molecule has 3 nitrogen and oxygen atoms in total. The number of thiazole rings is 1. The topological polar surface area (TPSA) is 62.8 Å². The quantitative estimate of drug-likeness (QED) is 0.567. The van der Waals surface area contributed by atoms with Gasteiger partial charge in [-0.15, -0.1) is 11.3 Å². The lowest BCUT2D eigenvalue weighted by molar-refractivity contribution is 1.17. The largest absolute Gasteiger partial charge is 0.379 e. The van der Waals surface area contributed by atoms with Gasteiger partial charge in [0.05, 0.1) is 11.4 Å². The zero-order valence-corrected chi connectivity index (χ0v) is 8.68. The highest BCUT2D eigenvalue weighted by Gasteiger charge is 2.03. The van der Waals surface area contributed by atoms with E-state index in [2.05, 4.69) is 11.9 Å². The molecule has 0 fully saturated rings. The van der Waals surface area contributed by atoms with E-state index in [0.29, 0.717) is 5.75 Å². The van der Waals surface area contributed by atoms with Gasteiger partial charge in [0.1, 0.15) is 5.01 Å². The number of nitrogens with two attached hydrogens (primary N) is 1. The summed E-state index contributed by atoms with van der Waals surface area (Å²) in [6, 6.07) is 0. The second kappa shape index (κ2) is 3.91. The number of aryl methyl sites for hydroxylation is 2. The Morgan fingerprint density at radius 3 is 2.75 bits per heavy atom. The van der Waals surface area contributed by atoms with Crippen LogP contribution in [0.5, 0.6) is 0 Å². The standard InChI is InChI=1S/C7H11N3S2/c1-4-5(2)12-6(10-4)3-11-7(8)9/h3H2,1-2H3,(H3,8,9). The van der Waals surface area contributed by atoms with Crippen LogP contribution in [-0.2, 0) is 5.75 Å². The Labute approximate surface area is 79.9 Å². The van der Waals surface area contributed by atoms with Gasteiger partial charge in [-0.1, -0.05) is 11.8 Å². The average molecular weight is 201 g/mol. The predicted octanol–water partition coefficient (Wildman–Crippen LogP) is 1.89. The van der Waals surface area contributed by atoms with Crippen molar-refractivity contribution in [2.75, 3.05) is 0 Å². The van der Waals surface area contributed by atoms with Crippen molar-refractivity contribution in [2.24, 2.45) is 5.73 Å². The smallest absolute Gasteiger partial charge is 0.151 e. The van der Waals surface area contributed by atoms with Crippen LogP contribution >= 0.6 is 23.1 Å². The van der Waals surface area contributed by atoms with Crippen molar-refractivity contribution in [3.8, 4) is 0 Å². The first-order valence-corrected chi connectivity index (χ1v) is 5.29. The van der Waals surface area contributed by atoms with Gasteiger partial charge >= 0.3 is 0 Å². The van der Waals surface area contributed by atoms with Gasteiger partial charge in [0.25, 0.3) is 0 Å². The Balaban J connectivity index is 2.58. The van der Waals surface area contributed by atoms with Gasteiger partial charge in [-0.05, 0) is 13.8 Å². The third-order valence-corrected chi connectivity index (χ3v) is 3.41. The van der Waals surface area contributed by atoms with Crippen molar-refractivity contribution in [1.82, 2.24) is 4.98 Å². The molecule has 5 heteroatoms. The number of aromatic nitrogens is 1. The van der Waals surface area contributed by atoms with E-state index in [4.69, 9.17) is 11.1 Å². The fraction of sp³-hybridized carbons (Fsp3) is 0.429. The normalized spacial score (nSPS) is 10.2. The maximum Gasteiger partial charge on any atom is 0.151 e.